The molecule has 0 aliphatic heterocycles. The summed E-state index contributed by atoms with van der Waals surface area (Å²) in [7, 11) is 0. The van der Waals surface area contributed by atoms with Gasteiger partial charge in [-0.05, 0) is 19.9 Å². The van der Waals surface area contributed by atoms with Gasteiger partial charge in [0.15, 0.2) is 0 Å². The van der Waals surface area contributed by atoms with Gasteiger partial charge >= 0.3 is 5.97 Å². The third-order valence-electron chi connectivity index (χ3n) is 2.59. The number of carbonyl (C=O) groups excluding carboxylic acids is 1. The molecule has 0 fully saturated rings. The molecule has 0 amide bonds. The Morgan fingerprint density at radius 2 is 2.16 bits per heavy atom. The first-order valence-corrected chi connectivity index (χ1v) is 6.36. The largest absolute Gasteiger partial charge is 0.464 e. The fourth-order valence-electron chi connectivity index (χ4n) is 1.64. The lowest BCUT2D eigenvalue weighted by Crippen LogP contribution is -2.25. The first kappa shape index (κ1) is 15.6. The first-order chi connectivity index (χ1) is 9.15. The Kier molecular flexibility index (Phi) is 7.07. The molecule has 0 saturated carbocycles. The van der Waals surface area contributed by atoms with Gasteiger partial charge in [-0.3, -0.25) is 0 Å². The molecule has 1 atom stereocenters. The van der Waals surface area contributed by atoms with Crippen molar-refractivity contribution >= 4 is 5.97 Å². The zero-order chi connectivity index (χ0) is 14.1. The van der Waals surface area contributed by atoms with Gasteiger partial charge in [0.25, 0.3) is 0 Å². The summed E-state index contributed by atoms with van der Waals surface area (Å²) in [5.41, 5.74) is 0.618. The molecule has 0 aromatic heterocycles. The van der Waals surface area contributed by atoms with Crippen LogP contribution >= 0.6 is 0 Å². The third-order valence-corrected chi connectivity index (χ3v) is 2.59. The van der Waals surface area contributed by atoms with E-state index in [1.807, 2.05) is 6.92 Å². The molecule has 0 aliphatic rings. The van der Waals surface area contributed by atoms with E-state index in [-0.39, 0.29) is 24.4 Å². The Hall–Kier alpha value is -1.46. The maximum absolute atomic E-state index is 13.5. The van der Waals surface area contributed by atoms with Crippen molar-refractivity contribution in [3.63, 3.8) is 0 Å². The minimum Gasteiger partial charge on any atom is -0.464 e. The van der Waals surface area contributed by atoms with Crippen molar-refractivity contribution in [2.24, 2.45) is 0 Å². The van der Waals surface area contributed by atoms with E-state index in [2.05, 4.69) is 5.32 Å². The Labute approximate surface area is 112 Å². The van der Waals surface area contributed by atoms with Gasteiger partial charge in [0.05, 0.1) is 13.2 Å². The number of carbonyl (C=O) groups is 1. The molecule has 0 radical (unpaired) electrons. The van der Waals surface area contributed by atoms with Crippen molar-refractivity contribution in [1.29, 1.82) is 0 Å². The zero-order valence-corrected chi connectivity index (χ0v) is 11.3. The van der Waals surface area contributed by atoms with Crippen LogP contribution in [0.3, 0.4) is 0 Å². The second-order valence-corrected chi connectivity index (χ2v) is 4.05. The van der Waals surface area contributed by atoms with E-state index in [0.29, 0.717) is 25.3 Å². The highest BCUT2D eigenvalue weighted by Crippen LogP contribution is 2.15. The zero-order valence-electron chi connectivity index (χ0n) is 11.3. The van der Waals surface area contributed by atoms with Gasteiger partial charge in [-0.2, -0.15) is 0 Å². The summed E-state index contributed by atoms with van der Waals surface area (Å²) in [6.45, 7) is 4.83. The number of ether oxygens (including phenoxy) is 2. The SMILES string of the molecule is CCOC(=O)COCCNC(C)c1ccccc1F. The number of rotatable bonds is 8. The standard InChI is InChI=1S/C14H20FNO3/c1-3-19-14(17)10-18-9-8-16-11(2)12-6-4-5-7-13(12)15/h4-7,11,16H,3,8-10H2,1-2H3. The molecule has 1 aromatic rings. The fourth-order valence-corrected chi connectivity index (χ4v) is 1.64. The van der Waals surface area contributed by atoms with E-state index >= 15 is 0 Å². The van der Waals surface area contributed by atoms with Gasteiger partial charge in [0.1, 0.15) is 12.4 Å². The quantitative estimate of drug-likeness (QED) is 0.579. The summed E-state index contributed by atoms with van der Waals surface area (Å²) < 4.78 is 23.3. The normalized spacial score (nSPS) is 12.2. The predicted octanol–water partition coefficient (Wildman–Crippen LogP) is 2.06. The number of esters is 1. The minimum atomic E-state index is -0.371. The van der Waals surface area contributed by atoms with E-state index < -0.39 is 0 Å². The van der Waals surface area contributed by atoms with Crippen molar-refractivity contribution in [3.8, 4) is 0 Å². The monoisotopic (exact) mass is 269 g/mol. The number of hydrogen-bond acceptors (Lipinski definition) is 4. The van der Waals surface area contributed by atoms with Crippen LogP contribution in [0.25, 0.3) is 0 Å². The van der Waals surface area contributed by atoms with Gasteiger partial charge in [-0.1, -0.05) is 18.2 Å². The molecule has 1 rings (SSSR count). The molecule has 1 aromatic carbocycles. The van der Waals surface area contributed by atoms with E-state index in [4.69, 9.17) is 9.47 Å². The van der Waals surface area contributed by atoms with Crippen molar-refractivity contribution < 1.29 is 18.7 Å². The highest BCUT2D eigenvalue weighted by atomic mass is 19.1. The van der Waals surface area contributed by atoms with Gasteiger partial charge in [-0.15, -0.1) is 0 Å². The molecule has 0 bridgehead atoms. The van der Waals surface area contributed by atoms with Crippen LogP contribution in [0.15, 0.2) is 24.3 Å². The fraction of sp³-hybridized carbons (Fsp3) is 0.500. The number of hydrogen-bond donors (Lipinski definition) is 1. The van der Waals surface area contributed by atoms with E-state index in [0.717, 1.165) is 0 Å². The highest BCUT2D eigenvalue weighted by Gasteiger charge is 2.09. The lowest BCUT2D eigenvalue weighted by Gasteiger charge is -2.14. The summed E-state index contributed by atoms with van der Waals surface area (Å²) in [4.78, 5) is 11.0. The van der Waals surface area contributed by atoms with Crippen LogP contribution in [0.2, 0.25) is 0 Å². The Balaban J connectivity index is 2.19. The summed E-state index contributed by atoms with van der Waals surface area (Å²) in [5.74, 6) is -0.598. The van der Waals surface area contributed by atoms with Crippen LogP contribution in [0, 0.1) is 5.82 Å². The summed E-state index contributed by atoms with van der Waals surface area (Å²) in [5, 5.41) is 3.13. The van der Waals surface area contributed by atoms with E-state index in [9.17, 15) is 9.18 Å². The molecule has 1 unspecified atom stereocenters. The summed E-state index contributed by atoms with van der Waals surface area (Å²) >= 11 is 0. The molecule has 19 heavy (non-hydrogen) atoms. The lowest BCUT2D eigenvalue weighted by molar-refractivity contribution is -0.148. The number of halogens is 1. The smallest absolute Gasteiger partial charge is 0.332 e. The molecular weight excluding hydrogens is 249 g/mol. The van der Waals surface area contributed by atoms with Crippen LogP contribution in [0.4, 0.5) is 4.39 Å². The maximum atomic E-state index is 13.5. The van der Waals surface area contributed by atoms with Gasteiger partial charge in [0, 0.05) is 18.2 Å². The third kappa shape index (κ3) is 5.81. The average Bonchev–Trinajstić information content (AvgIpc) is 2.39. The molecule has 106 valence electrons. The molecule has 0 spiro atoms. The Morgan fingerprint density at radius 3 is 2.84 bits per heavy atom. The van der Waals surface area contributed by atoms with Crippen LogP contribution in [0.5, 0.6) is 0 Å². The van der Waals surface area contributed by atoms with Crippen molar-refractivity contribution in [2.45, 2.75) is 19.9 Å². The van der Waals surface area contributed by atoms with Gasteiger partial charge in [0.2, 0.25) is 0 Å². The summed E-state index contributed by atoms with van der Waals surface area (Å²) in [6, 6.07) is 6.53. The predicted molar refractivity (Wildman–Crippen MR) is 70.3 cm³/mol. The van der Waals surface area contributed by atoms with E-state index in [1.54, 1.807) is 25.1 Å². The van der Waals surface area contributed by atoms with Crippen molar-refractivity contribution in [2.75, 3.05) is 26.4 Å². The van der Waals surface area contributed by atoms with Crippen LogP contribution in [-0.2, 0) is 14.3 Å². The van der Waals surface area contributed by atoms with Crippen molar-refractivity contribution in [3.05, 3.63) is 35.6 Å². The second-order valence-electron chi connectivity index (χ2n) is 4.05. The van der Waals surface area contributed by atoms with Gasteiger partial charge in [-0.25, -0.2) is 9.18 Å². The molecule has 4 nitrogen and oxygen atoms in total. The lowest BCUT2D eigenvalue weighted by atomic mass is 10.1. The molecule has 1 N–H and O–H groups in total. The van der Waals surface area contributed by atoms with Crippen LogP contribution in [0.1, 0.15) is 25.5 Å². The highest BCUT2D eigenvalue weighted by molar-refractivity contribution is 5.70. The van der Waals surface area contributed by atoms with Crippen LogP contribution in [-0.4, -0.2) is 32.3 Å². The number of benzene rings is 1. The molecular formula is C14H20FNO3. The topological polar surface area (TPSA) is 47.6 Å². The molecule has 0 saturated heterocycles. The number of nitrogens with one attached hydrogen (secondary N) is 1. The Morgan fingerprint density at radius 1 is 1.42 bits per heavy atom. The average molecular weight is 269 g/mol. The molecule has 0 heterocycles. The van der Waals surface area contributed by atoms with Crippen LogP contribution < -0.4 is 5.32 Å². The van der Waals surface area contributed by atoms with E-state index in [1.165, 1.54) is 6.07 Å². The Bertz CT molecular complexity index is 398. The minimum absolute atomic E-state index is 0.0520. The van der Waals surface area contributed by atoms with Crippen molar-refractivity contribution in [1.82, 2.24) is 5.32 Å². The second kappa shape index (κ2) is 8.61. The van der Waals surface area contributed by atoms with Gasteiger partial charge < -0.3 is 14.8 Å². The summed E-state index contributed by atoms with van der Waals surface area (Å²) in [6.07, 6.45) is 0. The first-order valence-electron chi connectivity index (χ1n) is 6.36. The molecule has 5 heteroatoms. The molecule has 0 aliphatic carbocycles. The maximum Gasteiger partial charge on any atom is 0.332 e.